The van der Waals surface area contributed by atoms with Gasteiger partial charge in [-0.05, 0) is 42.0 Å². The Morgan fingerprint density at radius 1 is 0.867 bits per heavy atom. The molecule has 0 saturated carbocycles. The molecule has 0 aliphatic carbocycles. The number of hydrazine groups is 1. The summed E-state index contributed by atoms with van der Waals surface area (Å²) < 4.78 is 5.22. The first-order valence-corrected chi connectivity index (χ1v) is 10.4. The maximum atomic E-state index is 12.2. The quantitative estimate of drug-likeness (QED) is 0.380. The Hall–Kier alpha value is -3.45. The lowest BCUT2D eigenvalue weighted by Gasteiger charge is -2.11. The molecule has 3 rings (SSSR count). The predicted octanol–water partition coefficient (Wildman–Crippen LogP) is 3.86. The van der Waals surface area contributed by atoms with Crippen molar-refractivity contribution in [1.82, 2.24) is 10.9 Å². The van der Waals surface area contributed by atoms with Gasteiger partial charge >= 0.3 is 0 Å². The number of methoxy groups -OCH3 is 1. The van der Waals surface area contributed by atoms with Gasteiger partial charge in [-0.1, -0.05) is 42.5 Å². The number of thioether (sulfide) groups is 1. The average Bonchev–Trinajstić information content (AvgIpc) is 2.81. The Morgan fingerprint density at radius 2 is 1.57 bits per heavy atom. The monoisotopic (exact) mass is 421 g/mol. The van der Waals surface area contributed by atoms with Crippen molar-refractivity contribution in [3.63, 3.8) is 0 Å². The minimum atomic E-state index is -0.375. The van der Waals surface area contributed by atoms with Crippen LogP contribution in [-0.4, -0.2) is 25.5 Å². The number of amides is 2. The normalized spacial score (nSPS) is 10.2. The van der Waals surface area contributed by atoms with Crippen LogP contribution >= 0.6 is 11.8 Å². The molecule has 6 nitrogen and oxygen atoms in total. The highest BCUT2D eigenvalue weighted by Crippen LogP contribution is 2.23. The zero-order valence-electron chi connectivity index (χ0n) is 16.6. The van der Waals surface area contributed by atoms with Crippen molar-refractivity contribution < 1.29 is 14.3 Å². The van der Waals surface area contributed by atoms with Crippen LogP contribution in [0, 0.1) is 0 Å². The van der Waals surface area contributed by atoms with E-state index < -0.39 is 0 Å². The van der Waals surface area contributed by atoms with Crippen molar-refractivity contribution in [3.05, 3.63) is 90.0 Å². The molecular weight excluding hydrogens is 398 g/mol. The third-order valence-electron chi connectivity index (χ3n) is 4.23. The van der Waals surface area contributed by atoms with Crippen LogP contribution < -0.4 is 20.9 Å². The summed E-state index contributed by atoms with van der Waals surface area (Å²) in [6.45, 7) is -0.00425. The Labute approximate surface area is 180 Å². The van der Waals surface area contributed by atoms with Crippen molar-refractivity contribution in [1.29, 1.82) is 0 Å². The van der Waals surface area contributed by atoms with Gasteiger partial charge in [-0.3, -0.25) is 20.4 Å². The number of para-hydroxylation sites is 2. The fourth-order valence-electron chi connectivity index (χ4n) is 2.65. The number of benzene rings is 3. The van der Waals surface area contributed by atoms with Gasteiger partial charge in [0.2, 0.25) is 0 Å². The molecule has 7 heteroatoms. The Balaban J connectivity index is 1.43. The molecule has 154 valence electrons. The van der Waals surface area contributed by atoms with Gasteiger partial charge in [0.15, 0.2) is 0 Å². The summed E-state index contributed by atoms with van der Waals surface area (Å²) in [5, 5.41) is 2.97. The van der Waals surface area contributed by atoms with Crippen molar-refractivity contribution in [3.8, 4) is 5.75 Å². The van der Waals surface area contributed by atoms with E-state index in [2.05, 4.69) is 28.3 Å². The van der Waals surface area contributed by atoms with Crippen molar-refractivity contribution in [2.45, 2.75) is 10.6 Å². The number of hydrogen-bond donors (Lipinski definition) is 3. The maximum Gasteiger partial charge on any atom is 0.269 e. The molecule has 0 fully saturated rings. The number of ether oxygens (including phenoxy) is 1. The van der Waals surface area contributed by atoms with Crippen LogP contribution in [-0.2, 0) is 10.5 Å². The van der Waals surface area contributed by atoms with Gasteiger partial charge in [-0.25, -0.2) is 0 Å². The van der Waals surface area contributed by atoms with Crippen molar-refractivity contribution >= 4 is 29.3 Å². The molecule has 3 N–H and O–H groups in total. The lowest BCUT2D eigenvalue weighted by Crippen LogP contribution is -2.44. The average molecular weight is 422 g/mol. The van der Waals surface area contributed by atoms with Gasteiger partial charge in [-0.2, -0.15) is 0 Å². The lowest BCUT2D eigenvalue weighted by molar-refractivity contribution is -0.120. The molecule has 0 saturated heterocycles. The van der Waals surface area contributed by atoms with Crippen LogP contribution in [0.3, 0.4) is 0 Å². The first-order valence-electron chi connectivity index (χ1n) is 9.38. The maximum absolute atomic E-state index is 12.2. The van der Waals surface area contributed by atoms with E-state index in [1.54, 1.807) is 37.1 Å². The second kappa shape index (κ2) is 10.9. The van der Waals surface area contributed by atoms with Crippen LogP contribution in [0.25, 0.3) is 0 Å². The van der Waals surface area contributed by atoms with Gasteiger partial charge in [0, 0.05) is 16.2 Å². The summed E-state index contributed by atoms with van der Waals surface area (Å²) in [5.74, 6) is 0.755. The molecule has 0 atom stereocenters. The second-order valence-electron chi connectivity index (χ2n) is 6.35. The molecule has 0 unspecified atom stereocenters. The van der Waals surface area contributed by atoms with E-state index >= 15 is 0 Å². The molecule has 3 aromatic carbocycles. The third kappa shape index (κ3) is 6.28. The van der Waals surface area contributed by atoms with Crippen LogP contribution in [0.1, 0.15) is 15.9 Å². The molecule has 30 heavy (non-hydrogen) atoms. The van der Waals surface area contributed by atoms with E-state index in [0.29, 0.717) is 17.0 Å². The minimum absolute atomic E-state index is 0.00425. The van der Waals surface area contributed by atoms with Crippen LogP contribution in [0.15, 0.2) is 83.8 Å². The highest BCUT2D eigenvalue weighted by molar-refractivity contribution is 7.98. The third-order valence-corrected chi connectivity index (χ3v) is 5.31. The van der Waals surface area contributed by atoms with E-state index in [1.165, 1.54) is 5.56 Å². The topological polar surface area (TPSA) is 79.5 Å². The van der Waals surface area contributed by atoms with Crippen LogP contribution in [0.2, 0.25) is 0 Å². The molecule has 3 aromatic rings. The van der Waals surface area contributed by atoms with Crippen molar-refractivity contribution in [2.75, 3.05) is 19.0 Å². The molecule has 0 heterocycles. The fourth-order valence-corrected chi connectivity index (χ4v) is 3.51. The zero-order valence-corrected chi connectivity index (χ0v) is 17.4. The lowest BCUT2D eigenvalue weighted by atomic mass is 10.2. The zero-order chi connectivity index (χ0) is 21.2. The number of nitrogens with one attached hydrogen (secondary N) is 3. The van der Waals surface area contributed by atoms with Gasteiger partial charge in [-0.15, -0.1) is 11.8 Å². The minimum Gasteiger partial charge on any atom is -0.495 e. The summed E-state index contributed by atoms with van der Waals surface area (Å²) in [6, 6.07) is 24.8. The van der Waals surface area contributed by atoms with Crippen LogP contribution in [0.4, 0.5) is 5.69 Å². The molecule has 2 amide bonds. The van der Waals surface area contributed by atoms with E-state index in [0.717, 1.165) is 10.6 Å². The first kappa shape index (κ1) is 21.3. The summed E-state index contributed by atoms with van der Waals surface area (Å²) in [5.41, 5.74) is 7.24. The molecule has 0 aromatic heterocycles. The number of carbonyl (C=O) groups is 2. The Morgan fingerprint density at radius 3 is 2.30 bits per heavy atom. The number of hydrogen-bond acceptors (Lipinski definition) is 5. The van der Waals surface area contributed by atoms with E-state index in [9.17, 15) is 9.59 Å². The highest BCUT2D eigenvalue weighted by Gasteiger charge is 2.09. The summed E-state index contributed by atoms with van der Waals surface area (Å²) in [4.78, 5) is 25.3. The standard InChI is InChI=1S/C23H23N3O3S/c1-29-21-10-6-5-9-20(21)24-15-22(27)25-26-23(28)18-11-13-19(14-12-18)30-16-17-7-3-2-4-8-17/h2-14,24H,15-16H2,1H3,(H,25,27)(H,26,28). The molecule has 0 bridgehead atoms. The van der Waals surface area contributed by atoms with E-state index in [4.69, 9.17) is 4.74 Å². The largest absolute Gasteiger partial charge is 0.495 e. The molecule has 0 aliphatic rings. The second-order valence-corrected chi connectivity index (χ2v) is 7.40. The highest BCUT2D eigenvalue weighted by atomic mass is 32.2. The number of carbonyl (C=O) groups excluding carboxylic acids is 2. The summed E-state index contributed by atoms with van der Waals surface area (Å²) >= 11 is 1.70. The number of anilines is 1. The van der Waals surface area contributed by atoms with E-state index in [1.807, 2.05) is 48.5 Å². The molecule has 0 radical (unpaired) electrons. The summed E-state index contributed by atoms with van der Waals surface area (Å²) in [7, 11) is 1.56. The number of rotatable bonds is 8. The first-order chi connectivity index (χ1) is 14.7. The summed E-state index contributed by atoms with van der Waals surface area (Å²) in [6.07, 6.45) is 0. The van der Waals surface area contributed by atoms with Gasteiger partial charge in [0.05, 0.1) is 19.3 Å². The van der Waals surface area contributed by atoms with Gasteiger partial charge in [0.25, 0.3) is 11.8 Å². The van der Waals surface area contributed by atoms with Crippen molar-refractivity contribution in [2.24, 2.45) is 0 Å². The van der Waals surface area contributed by atoms with E-state index in [-0.39, 0.29) is 18.4 Å². The van der Waals surface area contributed by atoms with Gasteiger partial charge in [0.1, 0.15) is 5.75 Å². The molecular formula is C23H23N3O3S. The smallest absolute Gasteiger partial charge is 0.269 e. The molecule has 0 spiro atoms. The SMILES string of the molecule is COc1ccccc1NCC(=O)NNC(=O)c1ccc(SCc2ccccc2)cc1. The van der Waals surface area contributed by atoms with Gasteiger partial charge < -0.3 is 10.1 Å². The predicted molar refractivity (Wildman–Crippen MR) is 120 cm³/mol. The fraction of sp³-hybridized carbons (Fsp3) is 0.130. The van der Waals surface area contributed by atoms with Crippen LogP contribution in [0.5, 0.6) is 5.75 Å². The molecule has 0 aliphatic heterocycles. The Bertz CT molecular complexity index is 978. The Kier molecular flexibility index (Phi) is 7.74.